The summed E-state index contributed by atoms with van der Waals surface area (Å²) in [4.78, 5) is 15.8. The van der Waals surface area contributed by atoms with E-state index in [0.717, 1.165) is 6.54 Å². The van der Waals surface area contributed by atoms with Gasteiger partial charge in [-0.05, 0) is 62.8 Å². The summed E-state index contributed by atoms with van der Waals surface area (Å²) in [6.45, 7) is 0.788. The third-order valence-electron chi connectivity index (χ3n) is 2.27. The third kappa shape index (κ3) is 3.28. The number of amides is 1. The molecule has 0 aliphatic heterocycles. The normalized spacial score (nSPS) is 15.1. The van der Waals surface area contributed by atoms with Crippen molar-refractivity contribution in [2.24, 2.45) is 5.92 Å². The molecule has 5 heteroatoms. The van der Waals surface area contributed by atoms with E-state index in [-0.39, 0.29) is 5.91 Å². The maximum Gasteiger partial charge on any atom is 0.251 e. The molecule has 1 heterocycles. The Morgan fingerprint density at radius 1 is 1.40 bits per heavy atom. The van der Waals surface area contributed by atoms with Gasteiger partial charge in [0.15, 0.2) is 0 Å². The summed E-state index contributed by atoms with van der Waals surface area (Å²) in [7, 11) is 0. The number of nitrogens with one attached hydrogen (secondary N) is 1. The molecule has 0 bridgehead atoms. The Balaban J connectivity index is 2.02. The number of carbonyl (C=O) groups excluding carboxylic acids is 1. The van der Waals surface area contributed by atoms with E-state index >= 15 is 0 Å². The maximum absolute atomic E-state index is 11.7. The number of aromatic nitrogens is 1. The minimum atomic E-state index is -0.0364. The van der Waals surface area contributed by atoms with E-state index in [1.807, 2.05) is 0 Å². The zero-order valence-corrected chi connectivity index (χ0v) is 11.1. The van der Waals surface area contributed by atoms with Crippen molar-refractivity contribution in [1.29, 1.82) is 0 Å². The topological polar surface area (TPSA) is 42.0 Å². The highest BCUT2D eigenvalue weighted by atomic mass is 79.9. The van der Waals surface area contributed by atoms with Gasteiger partial charge < -0.3 is 5.32 Å². The Morgan fingerprint density at radius 3 is 2.53 bits per heavy atom. The molecule has 0 radical (unpaired) electrons. The quantitative estimate of drug-likeness (QED) is 0.864. The molecule has 0 atom stereocenters. The zero-order chi connectivity index (χ0) is 10.8. The fraction of sp³-hybridized carbons (Fsp3) is 0.400. The third-order valence-corrected chi connectivity index (χ3v) is 3.09. The van der Waals surface area contributed by atoms with Gasteiger partial charge in [-0.2, -0.15) is 0 Å². The molecule has 1 aromatic heterocycles. The first kappa shape index (κ1) is 11.1. The van der Waals surface area contributed by atoms with E-state index in [4.69, 9.17) is 0 Å². The first-order valence-corrected chi connectivity index (χ1v) is 6.35. The first-order chi connectivity index (χ1) is 7.15. The standard InChI is InChI=1S/C10H10Br2N2O/c11-8-3-7(4-9(12)14-8)10(15)13-5-6-1-2-6/h3-4,6H,1-2,5H2,(H,13,15). The summed E-state index contributed by atoms with van der Waals surface area (Å²) < 4.78 is 1.32. The molecule has 80 valence electrons. The lowest BCUT2D eigenvalue weighted by molar-refractivity contribution is 0.0951. The maximum atomic E-state index is 11.7. The van der Waals surface area contributed by atoms with Gasteiger partial charge in [0.05, 0.1) is 0 Å². The molecule has 0 spiro atoms. The lowest BCUT2D eigenvalue weighted by atomic mass is 10.2. The van der Waals surface area contributed by atoms with Crippen LogP contribution in [0.15, 0.2) is 21.3 Å². The molecule has 15 heavy (non-hydrogen) atoms. The van der Waals surface area contributed by atoms with Gasteiger partial charge in [-0.1, -0.05) is 0 Å². The predicted molar refractivity (Wildman–Crippen MR) is 64.7 cm³/mol. The molecule has 1 saturated carbocycles. The van der Waals surface area contributed by atoms with E-state index in [1.54, 1.807) is 12.1 Å². The average molecular weight is 334 g/mol. The number of hydrogen-bond donors (Lipinski definition) is 1. The van der Waals surface area contributed by atoms with Crippen LogP contribution in [-0.2, 0) is 0 Å². The fourth-order valence-electron chi connectivity index (χ4n) is 1.26. The van der Waals surface area contributed by atoms with Gasteiger partial charge in [-0.3, -0.25) is 4.79 Å². The van der Waals surface area contributed by atoms with Gasteiger partial charge in [0.25, 0.3) is 5.91 Å². The lowest BCUT2D eigenvalue weighted by Gasteiger charge is -2.04. The molecule has 1 aliphatic rings. The van der Waals surface area contributed by atoms with Gasteiger partial charge >= 0.3 is 0 Å². The van der Waals surface area contributed by atoms with Crippen LogP contribution in [-0.4, -0.2) is 17.4 Å². The van der Waals surface area contributed by atoms with Crippen LogP contribution in [0, 0.1) is 5.92 Å². The number of carbonyl (C=O) groups is 1. The van der Waals surface area contributed by atoms with Crippen LogP contribution in [0.4, 0.5) is 0 Å². The molecule has 0 aromatic carbocycles. The number of rotatable bonds is 3. The van der Waals surface area contributed by atoms with E-state index in [2.05, 4.69) is 42.2 Å². The van der Waals surface area contributed by atoms with Crippen LogP contribution in [0.5, 0.6) is 0 Å². The van der Waals surface area contributed by atoms with Crippen LogP contribution >= 0.6 is 31.9 Å². The Bertz CT molecular complexity index is 371. The van der Waals surface area contributed by atoms with Crippen molar-refractivity contribution in [3.8, 4) is 0 Å². The monoisotopic (exact) mass is 332 g/mol. The molecule has 0 unspecified atom stereocenters. The van der Waals surface area contributed by atoms with Gasteiger partial charge in [0, 0.05) is 12.1 Å². The highest BCUT2D eigenvalue weighted by Gasteiger charge is 2.21. The molecule has 1 amide bonds. The summed E-state index contributed by atoms with van der Waals surface area (Å²) in [6.07, 6.45) is 2.48. The van der Waals surface area contributed by atoms with Gasteiger partial charge in [-0.15, -0.1) is 0 Å². The second-order valence-corrected chi connectivity index (χ2v) is 5.28. The highest BCUT2D eigenvalue weighted by Crippen LogP contribution is 2.27. The molecule has 1 N–H and O–H groups in total. The largest absolute Gasteiger partial charge is 0.352 e. The molecule has 1 aromatic rings. The Morgan fingerprint density at radius 2 is 2.00 bits per heavy atom. The predicted octanol–water partition coefficient (Wildman–Crippen LogP) is 2.75. The van der Waals surface area contributed by atoms with Crippen molar-refractivity contribution in [3.05, 3.63) is 26.9 Å². The molecule has 2 rings (SSSR count). The number of pyridine rings is 1. The lowest BCUT2D eigenvalue weighted by Crippen LogP contribution is -2.25. The summed E-state index contributed by atoms with van der Waals surface area (Å²) in [5.74, 6) is 0.661. The summed E-state index contributed by atoms with van der Waals surface area (Å²) in [5.41, 5.74) is 0.629. The molecular formula is C10H10Br2N2O. The van der Waals surface area contributed by atoms with Crippen molar-refractivity contribution in [1.82, 2.24) is 10.3 Å². The van der Waals surface area contributed by atoms with E-state index in [0.29, 0.717) is 20.7 Å². The van der Waals surface area contributed by atoms with Crippen molar-refractivity contribution in [2.45, 2.75) is 12.8 Å². The highest BCUT2D eigenvalue weighted by molar-refractivity contribution is 9.11. The second kappa shape index (κ2) is 4.61. The van der Waals surface area contributed by atoms with Gasteiger partial charge in [-0.25, -0.2) is 4.98 Å². The van der Waals surface area contributed by atoms with Crippen molar-refractivity contribution < 1.29 is 4.79 Å². The van der Waals surface area contributed by atoms with Crippen LogP contribution in [0.25, 0.3) is 0 Å². The Labute approximate surface area is 105 Å². The number of hydrogen-bond acceptors (Lipinski definition) is 2. The van der Waals surface area contributed by atoms with Crippen LogP contribution in [0.3, 0.4) is 0 Å². The van der Waals surface area contributed by atoms with E-state index < -0.39 is 0 Å². The zero-order valence-electron chi connectivity index (χ0n) is 7.96. The molecular weight excluding hydrogens is 324 g/mol. The van der Waals surface area contributed by atoms with Crippen LogP contribution in [0.1, 0.15) is 23.2 Å². The Kier molecular flexibility index (Phi) is 3.41. The fourth-order valence-corrected chi connectivity index (χ4v) is 2.37. The Hall–Kier alpha value is -0.420. The smallest absolute Gasteiger partial charge is 0.251 e. The van der Waals surface area contributed by atoms with Crippen molar-refractivity contribution in [2.75, 3.05) is 6.54 Å². The average Bonchev–Trinajstić information content (AvgIpc) is 2.96. The molecule has 1 fully saturated rings. The molecule has 3 nitrogen and oxygen atoms in total. The minimum Gasteiger partial charge on any atom is -0.352 e. The minimum absolute atomic E-state index is 0.0364. The molecule has 1 aliphatic carbocycles. The van der Waals surface area contributed by atoms with Gasteiger partial charge in [0.2, 0.25) is 0 Å². The number of halogens is 2. The summed E-state index contributed by atoms with van der Waals surface area (Å²) >= 11 is 6.51. The summed E-state index contributed by atoms with van der Waals surface area (Å²) in [5, 5.41) is 2.91. The van der Waals surface area contributed by atoms with Gasteiger partial charge in [0.1, 0.15) is 9.21 Å². The van der Waals surface area contributed by atoms with Crippen molar-refractivity contribution in [3.63, 3.8) is 0 Å². The second-order valence-electron chi connectivity index (χ2n) is 3.65. The molecule has 0 saturated heterocycles. The van der Waals surface area contributed by atoms with E-state index in [9.17, 15) is 4.79 Å². The SMILES string of the molecule is O=C(NCC1CC1)c1cc(Br)nc(Br)c1. The van der Waals surface area contributed by atoms with Crippen molar-refractivity contribution >= 4 is 37.8 Å². The van der Waals surface area contributed by atoms with Crippen LogP contribution < -0.4 is 5.32 Å². The van der Waals surface area contributed by atoms with Crippen LogP contribution in [0.2, 0.25) is 0 Å². The first-order valence-electron chi connectivity index (χ1n) is 4.76. The number of nitrogens with zero attached hydrogens (tertiary/aromatic N) is 1. The summed E-state index contributed by atoms with van der Waals surface area (Å²) in [6, 6.07) is 3.43. The van der Waals surface area contributed by atoms with E-state index in [1.165, 1.54) is 12.8 Å².